The van der Waals surface area contributed by atoms with Gasteiger partial charge < -0.3 is 10.2 Å². The minimum Gasteiger partial charge on any atom is -0.352 e. The van der Waals surface area contributed by atoms with E-state index < -0.39 is 6.04 Å². The highest BCUT2D eigenvalue weighted by Gasteiger charge is 2.30. The Morgan fingerprint density at radius 3 is 1.94 bits per heavy atom. The molecule has 0 bridgehead atoms. The third kappa shape index (κ3) is 7.60. The largest absolute Gasteiger partial charge is 0.352 e. The molecule has 3 aromatic rings. The number of carbonyl (C=O) groups excluding carboxylic acids is 2. The quantitative estimate of drug-likeness (QED) is 0.475. The van der Waals surface area contributed by atoms with Gasteiger partial charge in [0.2, 0.25) is 11.8 Å². The number of hydrogen-bond acceptors (Lipinski definition) is 2. The Kier molecular flexibility index (Phi) is 8.82. The molecule has 3 aromatic carbocycles. The zero-order chi connectivity index (χ0) is 23.6. The predicted molar refractivity (Wildman–Crippen MR) is 134 cm³/mol. The number of rotatable bonds is 10. The number of carbonyl (C=O) groups is 2. The van der Waals surface area contributed by atoms with Crippen LogP contribution in [0.25, 0.3) is 0 Å². The highest BCUT2D eigenvalue weighted by Crippen LogP contribution is 2.17. The van der Waals surface area contributed by atoms with Crippen LogP contribution in [-0.2, 0) is 29.0 Å². The molecule has 1 N–H and O–H groups in total. The molecule has 4 heteroatoms. The van der Waals surface area contributed by atoms with Gasteiger partial charge in [-0.05, 0) is 43.9 Å². The standard InChI is InChI=1S/C29H34N2O2/c1-22(2)30-29(33)27(20-25-10-6-4-7-11-25)31(21-26-12-8-5-9-13-26)28(32)19-18-24-16-14-23(3)15-17-24/h4-17,22,27H,18-21H2,1-3H3,(H,30,33)/t27-/m0/s1. The molecule has 0 saturated carbocycles. The first-order valence-electron chi connectivity index (χ1n) is 11.7. The Labute approximate surface area is 197 Å². The van der Waals surface area contributed by atoms with E-state index >= 15 is 0 Å². The summed E-state index contributed by atoms with van der Waals surface area (Å²) in [4.78, 5) is 28.6. The number of nitrogens with zero attached hydrogens (tertiary/aromatic N) is 1. The van der Waals surface area contributed by atoms with Crippen molar-refractivity contribution in [2.24, 2.45) is 0 Å². The van der Waals surface area contributed by atoms with Crippen LogP contribution in [0.4, 0.5) is 0 Å². The van der Waals surface area contributed by atoms with Gasteiger partial charge in [-0.3, -0.25) is 9.59 Å². The van der Waals surface area contributed by atoms with Gasteiger partial charge in [-0.2, -0.15) is 0 Å². The Bertz CT molecular complexity index is 1010. The van der Waals surface area contributed by atoms with Crippen LogP contribution in [0, 0.1) is 6.92 Å². The van der Waals surface area contributed by atoms with Gasteiger partial charge in [0, 0.05) is 25.4 Å². The first kappa shape index (κ1) is 24.2. The van der Waals surface area contributed by atoms with Crippen LogP contribution in [0.5, 0.6) is 0 Å². The summed E-state index contributed by atoms with van der Waals surface area (Å²) in [5.41, 5.74) is 4.37. The first-order chi connectivity index (χ1) is 15.9. The van der Waals surface area contributed by atoms with Gasteiger partial charge in [-0.25, -0.2) is 0 Å². The topological polar surface area (TPSA) is 49.4 Å². The molecule has 172 valence electrons. The molecule has 33 heavy (non-hydrogen) atoms. The van der Waals surface area contributed by atoms with E-state index in [-0.39, 0.29) is 17.9 Å². The molecule has 0 aromatic heterocycles. The highest BCUT2D eigenvalue weighted by atomic mass is 16.2. The number of nitrogens with one attached hydrogen (secondary N) is 1. The monoisotopic (exact) mass is 442 g/mol. The minimum absolute atomic E-state index is 0.00277. The van der Waals surface area contributed by atoms with Crippen LogP contribution in [0.3, 0.4) is 0 Å². The normalized spacial score (nSPS) is 11.8. The molecule has 3 rings (SSSR count). The van der Waals surface area contributed by atoms with Crippen LogP contribution in [0.1, 0.15) is 42.5 Å². The minimum atomic E-state index is -0.583. The van der Waals surface area contributed by atoms with Gasteiger partial charge in [-0.15, -0.1) is 0 Å². The van der Waals surface area contributed by atoms with Gasteiger partial charge in [0.25, 0.3) is 0 Å². The predicted octanol–water partition coefficient (Wildman–Crippen LogP) is 5.09. The molecule has 2 amide bonds. The molecule has 1 atom stereocenters. The van der Waals surface area contributed by atoms with Gasteiger partial charge in [-0.1, -0.05) is 90.5 Å². The lowest BCUT2D eigenvalue weighted by molar-refractivity contribution is -0.141. The number of benzene rings is 3. The molecular weight excluding hydrogens is 408 g/mol. The van der Waals surface area contributed by atoms with E-state index in [0.29, 0.717) is 25.8 Å². The van der Waals surface area contributed by atoms with Gasteiger partial charge in [0.05, 0.1) is 0 Å². The van der Waals surface area contributed by atoms with Gasteiger partial charge >= 0.3 is 0 Å². The van der Waals surface area contributed by atoms with E-state index in [4.69, 9.17) is 0 Å². The van der Waals surface area contributed by atoms with Crippen molar-refractivity contribution in [1.29, 1.82) is 0 Å². The van der Waals surface area contributed by atoms with Crippen molar-refractivity contribution >= 4 is 11.8 Å². The smallest absolute Gasteiger partial charge is 0.243 e. The average molecular weight is 443 g/mol. The Hall–Kier alpha value is -3.40. The number of hydrogen-bond donors (Lipinski definition) is 1. The maximum atomic E-state index is 13.6. The Balaban J connectivity index is 1.87. The third-order valence-corrected chi connectivity index (χ3v) is 5.65. The average Bonchev–Trinajstić information content (AvgIpc) is 2.81. The second-order valence-electron chi connectivity index (χ2n) is 8.86. The molecule has 0 aliphatic heterocycles. The van der Waals surface area contributed by atoms with E-state index in [0.717, 1.165) is 16.7 Å². The van der Waals surface area contributed by atoms with E-state index in [9.17, 15) is 9.59 Å². The molecule has 0 spiro atoms. The number of aryl methyl sites for hydroxylation is 2. The van der Waals surface area contributed by atoms with Gasteiger partial charge in [0.15, 0.2) is 0 Å². The second kappa shape index (κ2) is 12.0. The molecule has 0 saturated heterocycles. The molecule has 0 heterocycles. The Morgan fingerprint density at radius 2 is 1.36 bits per heavy atom. The van der Waals surface area contributed by atoms with Crippen LogP contribution in [-0.4, -0.2) is 28.8 Å². The van der Waals surface area contributed by atoms with Crippen LogP contribution >= 0.6 is 0 Å². The molecule has 4 nitrogen and oxygen atoms in total. The lowest BCUT2D eigenvalue weighted by atomic mass is 10.0. The van der Waals surface area contributed by atoms with Crippen molar-refractivity contribution in [3.8, 4) is 0 Å². The summed E-state index contributed by atoms with van der Waals surface area (Å²) < 4.78 is 0. The van der Waals surface area contributed by atoms with Crippen molar-refractivity contribution in [1.82, 2.24) is 10.2 Å². The van der Waals surface area contributed by atoms with Gasteiger partial charge in [0.1, 0.15) is 6.04 Å². The summed E-state index contributed by atoms with van der Waals surface area (Å²) in [6.07, 6.45) is 1.48. The highest BCUT2D eigenvalue weighted by molar-refractivity contribution is 5.88. The Morgan fingerprint density at radius 1 is 0.788 bits per heavy atom. The molecule has 0 aliphatic carbocycles. The third-order valence-electron chi connectivity index (χ3n) is 5.65. The molecule has 0 radical (unpaired) electrons. The lowest BCUT2D eigenvalue weighted by Crippen LogP contribution is -2.51. The molecular formula is C29H34N2O2. The fourth-order valence-corrected chi connectivity index (χ4v) is 3.86. The summed E-state index contributed by atoms with van der Waals surface area (Å²) >= 11 is 0. The van der Waals surface area contributed by atoms with Crippen molar-refractivity contribution in [2.45, 2.75) is 58.7 Å². The van der Waals surface area contributed by atoms with Crippen molar-refractivity contribution in [3.63, 3.8) is 0 Å². The van der Waals surface area contributed by atoms with E-state index in [1.54, 1.807) is 4.90 Å². The van der Waals surface area contributed by atoms with E-state index in [1.165, 1.54) is 5.56 Å². The zero-order valence-electron chi connectivity index (χ0n) is 19.8. The zero-order valence-corrected chi connectivity index (χ0v) is 19.8. The second-order valence-corrected chi connectivity index (χ2v) is 8.86. The van der Waals surface area contributed by atoms with Crippen LogP contribution in [0.15, 0.2) is 84.9 Å². The number of amides is 2. The molecule has 0 unspecified atom stereocenters. The summed E-state index contributed by atoms with van der Waals surface area (Å²) in [6.45, 7) is 6.34. The fraction of sp³-hybridized carbons (Fsp3) is 0.310. The summed E-state index contributed by atoms with van der Waals surface area (Å²) in [7, 11) is 0. The first-order valence-corrected chi connectivity index (χ1v) is 11.7. The van der Waals surface area contributed by atoms with E-state index in [2.05, 4.69) is 36.5 Å². The molecule has 0 fully saturated rings. The molecule has 0 aliphatic rings. The van der Waals surface area contributed by atoms with Crippen LogP contribution < -0.4 is 5.32 Å². The summed E-state index contributed by atoms with van der Waals surface area (Å²) in [5.74, 6) is -0.132. The van der Waals surface area contributed by atoms with Crippen molar-refractivity contribution < 1.29 is 9.59 Å². The summed E-state index contributed by atoms with van der Waals surface area (Å²) in [5, 5.41) is 3.03. The van der Waals surface area contributed by atoms with Crippen molar-refractivity contribution in [3.05, 3.63) is 107 Å². The summed E-state index contributed by atoms with van der Waals surface area (Å²) in [6, 6.07) is 27.5. The SMILES string of the molecule is Cc1ccc(CCC(=O)N(Cc2ccccc2)[C@@H](Cc2ccccc2)C(=O)NC(C)C)cc1. The maximum Gasteiger partial charge on any atom is 0.243 e. The maximum absolute atomic E-state index is 13.6. The lowest BCUT2D eigenvalue weighted by Gasteiger charge is -2.32. The van der Waals surface area contributed by atoms with Crippen molar-refractivity contribution in [2.75, 3.05) is 0 Å². The van der Waals surface area contributed by atoms with E-state index in [1.807, 2.05) is 74.5 Å². The van der Waals surface area contributed by atoms with Crippen LogP contribution in [0.2, 0.25) is 0 Å². The fourth-order valence-electron chi connectivity index (χ4n) is 3.86.